The molecule has 1 unspecified atom stereocenters. The maximum atomic E-state index is 5.31. The molecule has 3 aromatic rings. The molecule has 1 atom stereocenters. The van der Waals surface area contributed by atoms with Gasteiger partial charge >= 0.3 is 0 Å². The number of hydrogen-bond donors (Lipinski definition) is 1. The quantitative estimate of drug-likeness (QED) is 0.640. The van der Waals surface area contributed by atoms with E-state index in [1.807, 2.05) is 24.3 Å². The van der Waals surface area contributed by atoms with Crippen molar-refractivity contribution in [1.29, 1.82) is 0 Å². The lowest BCUT2D eigenvalue weighted by atomic mass is 9.94. The lowest BCUT2D eigenvalue weighted by molar-refractivity contribution is 0.414. The van der Waals surface area contributed by atoms with Gasteiger partial charge in [0.05, 0.1) is 20.3 Å². The summed E-state index contributed by atoms with van der Waals surface area (Å²) in [5, 5.41) is 3.72. The molecule has 0 saturated carbocycles. The first kappa shape index (κ1) is 17.2. The molecule has 0 saturated heterocycles. The van der Waals surface area contributed by atoms with E-state index in [1.165, 1.54) is 22.3 Å². The van der Waals surface area contributed by atoms with Crippen LogP contribution in [0.4, 0.5) is 5.69 Å². The fraction of sp³-hybridized carbons (Fsp3) is 0.167. The first-order chi connectivity index (χ1) is 13.3. The minimum Gasteiger partial charge on any atom is -0.497 e. The standard InChI is InChI=1S/C24H23NO2/c1-26-21-11-7-17(8-12-21)20-15-19-5-3-4-6-23(19)25-24(16-20)18-9-13-22(27-2)14-10-18/h3-15,24-25H,16H2,1-2H3. The second kappa shape index (κ2) is 7.58. The number of anilines is 1. The molecule has 1 aliphatic heterocycles. The molecule has 1 heterocycles. The minimum atomic E-state index is 0.188. The third kappa shape index (κ3) is 3.68. The minimum absolute atomic E-state index is 0.188. The predicted molar refractivity (Wildman–Crippen MR) is 111 cm³/mol. The van der Waals surface area contributed by atoms with Gasteiger partial charge < -0.3 is 14.8 Å². The van der Waals surface area contributed by atoms with Crippen molar-refractivity contribution in [1.82, 2.24) is 0 Å². The molecule has 27 heavy (non-hydrogen) atoms. The van der Waals surface area contributed by atoms with Crippen LogP contribution in [-0.4, -0.2) is 14.2 Å². The maximum Gasteiger partial charge on any atom is 0.118 e. The first-order valence-electron chi connectivity index (χ1n) is 9.11. The highest BCUT2D eigenvalue weighted by molar-refractivity contribution is 5.87. The number of para-hydroxylation sites is 1. The molecule has 0 aliphatic carbocycles. The summed E-state index contributed by atoms with van der Waals surface area (Å²) < 4.78 is 10.6. The summed E-state index contributed by atoms with van der Waals surface area (Å²) in [6.45, 7) is 0. The average Bonchev–Trinajstić information content (AvgIpc) is 2.93. The Morgan fingerprint density at radius 2 is 1.41 bits per heavy atom. The Labute approximate surface area is 160 Å². The number of benzene rings is 3. The van der Waals surface area contributed by atoms with Crippen LogP contribution in [0.5, 0.6) is 11.5 Å². The van der Waals surface area contributed by atoms with E-state index in [0.717, 1.165) is 23.6 Å². The Kier molecular flexibility index (Phi) is 4.84. The van der Waals surface area contributed by atoms with Crippen molar-refractivity contribution in [3.8, 4) is 11.5 Å². The summed E-state index contributed by atoms with van der Waals surface area (Å²) in [5.41, 5.74) is 6.12. The fourth-order valence-electron chi connectivity index (χ4n) is 3.50. The van der Waals surface area contributed by atoms with Gasteiger partial charge in [-0.3, -0.25) is 0 Å². The Morgan fingerprint density at radius 1 is 0.778 bits per heavy atom. The Morgan fingerprint density at radius 3 is 2.07 bits per heavy atom. The lowest BCUT2D eigenvalue weighted by Gasteiger charge is -2.20. The fourth-order valence-corrected chi connectivity index (χ4v) is 3.50. The molecule has 0 amide bonds. The van der Waals surface area contributed by atoms with Crippen molar-refractivity contribution in [3.63, 3.8) is 0 Å². The molecule has 0 aromatic heterocycles. The van der Waals surface area contributed by atoms with Crippen LogP contribution in [0.1, 0.15) is 29.2 Å². The van der Waals surface area contributed by atoms with Gasteiger partial charge in [0.25, 0.3) is 0 Å². The molecule has 0 radical (unpaired) electrons. The second-order valence-corrected chi connectivity index (χ2v) is 6.66. The van der Waals surface area contributed by atoms with Crippen LogP contribution >= 0.6 is 0 Å². The zero-order valence-electron chi connectivity index (χ0n) is 15.6. The van der Waals surface area contributed by atoms with Crippen LogP contribution in [0, 0.1) is 0 Å². The number of fused-ring (bicyclic) bond motifs is 1. The molecule has 0 fully saturated rings. The van der Waals surface area contributed by atoms with Crippen LogP contribution < -0.4 is 14.8 Å². The van der Waals surface area contributed by atoms with Gasteiger partial charge in [-0.05, 0) is 65.1 Å². The van der Waals surface area contributed by atoms with Gasteiger partial charge in [0.15, 0.2) is 0 Å². The Balaban J connectivity index is 1.73. The van der Waals surface area contributed by atoms with Crippen molar-refractivity contribution < 1.29 is 9.47 Å². The molecule has 136 valence electrons. The van der Waals surface area contributed by atoms with Crippen LogP contribution in [-0.2, 0) is 0 Å². The van der Waals surface area contributed by atoms with E-state index in [-0.39, 0.29) is 6.04 Å². The van der Waals surface area contributed by atoms with Crippen LogP contribution in [0.3, 0.4) is 0 Å². The topological polar surface area (TPSA) is 30.5 Å². The highest BCUT2D eigenvalue weighted by atomic mass is 16.5. The predicted octanol–water partition coefficient (Wildman–Crippen LogP) is 5.80. The Bertz CT molecular complexity index is 943. The summed E-state index contributed by atoms with van der Waals surface area (Å²) in [4.78, 5) is 0. The SMILES string of the molecule is COc1ccc(C2=Cc3ccccc3NC(c3ccc(OC)cc3)C2)cc1. The second-order valence-electron chi connectivity index (χ2n) is 6.66. The molecule has 4 rings (SSSR count). The van der Waals surface area contributed by atoms with Gasteiger partial charge in [0.2, 0.25) is 0 Å². The zero-order valence-corrected chi connectivity index (χ0v) is 15.6. The van der Waals surface area contributed by atoms with E-state index in [9.17, 15) is 0 Å². The van der Waals surface area contributed by atoms with Crippen LogP contribution in [0.25, 0.3) is 11.6 Å². The molecular weight excluding hydrogens is 334 g/mol. The van der Waals surface area contributed by atoms with E-state index in [4.69, 9.17) is 9.47 Å². The summed E-state index contributed by atoms with van der Waals surface area (Å²) in [6.07, 6.45) is 3.18. The zero-order chi connectivity index (χ0) is 18.6. The molecule has 0 spiro atoms. The average molecular weight is 357 g/mol. The lowest BCUT2D eigenvalue weighted by Crippen LogP contribution is -2.10. The number of ether oxygens (including phenoxy) is 2. The smallest absolute Gasteiger partial charge is 0.118 e. The third-order valence-corrected chi connectivity index (χ3v) is 5.02. The molecule has 3 nitrogen and oxygen atoms in total. The third-order valence-electron chi connectivity index (χ3n) is 5.02. The molecule has 1 N–H and O–H groups in total. The van der Waals surface area contributed by atoms with Gasteiger partial charge in [-0.25, -0.2) is 0 Å². The van der Waals surface area contributed by atoms with Crippen molar-refractivity contribution in [2.75, 3.05) is 19.5 Å². The van der Waals surface area contributed by atoms with Gasteiger partial charge in [-0.1, -0.05) is 42.5 Å². The van der Waals surface area contributed by atoms with Crippen LogP contribution in [0.15, 0.2) is 72.8 Å². The van der Waals surface area contributed by atoms with E-state index in [2.05, 4.69) is 59.9 Å². The van der Waals surface area contributed by atoms with Crippen molar-refractivity contribution in [2.24, 2.45) is 0 Å². The van der Waals surface area contributed by atoms with E-state index >= 15 is 0 Å². The van der Waals surface area contributed by atoms with Crippen molar-refractivity contribution in [2.45, 2.75) is 12.5 Å². The largest absolute Gasteiger partial charge is 0.497 e. The first-order valence-corrected chi connectivity index (χ1v) is 9.11. The van der Waals surface area contributed by atoms with Gasteiger partial charge in [0.1, 0.15) is 11.5 Å². The highest BCUT2D eigenvalue weighted by Crippen LogP contribution is 2.37. The summed E-state index contributed by atoms with van der Waals surface area (Å²) in [5.74, 6) is 1.75. The Hall–Kier alpha value is -3.20. The van der Waals surface area contributed by atoms with E-state index < -0.39 is 0 Å². The summed E-state index contributed by atoms with van der Waals surface area (Å²) in [6, 6.07) is 25.2. The highest BCUT2D eigenvalue weighted by Gasteiger charge is 2.19. The molecule has 3 aromatic carbocycles. The van der Waals surface area contributed by atoms with Crippen molar-refractivity contribution >= 4 is 17.3 Å². The summed E-state index contributed by atoms with van der Waals surface area (Å²) in [7, 11) is 3.39. The molecule has 1 aliphatic rings. The number of nitrogens with one attached hydrogen (secondary N) is 1. The normalized spacial score (nSPS) is 15.8. The monoisotopic (exact) mass is 357 g/mol. The van der Waals surface area contributed by atoms with Gasteiger partial charge in [-0.2, -0.15) is 0 Å². The van der Waals surface area contributed by atoms with Crippen LogP contribution in [0.2, 0.25) is 0 Å². The van der Waals surface area contributed by atoms with E-state index in [1.54, 1.807) is 14.2 Å². The maximum absolute atomic E-state index is 5.31. The number of rotatable bonds is 4. The molecule has 0 bridgehead atoms. The van der Waals surface area contributed by atoms with Crippen molar-refractivity contribution in [3.05, 3.63) is 89.5 Å². The molecular formula is C24H23NO2. The van der Waals surface area contributed by atoms with E-state index in [0.29, 0.717) is 0 Å². The molecule has 3 heteroatoms. The van der Waals surface area contributed by atoms with Gasteiger partial charge in [0, 0.05) is 5.69 Å². The number of methoxy groups -OCH3 is 2. The summed E-state index contributed by atoms with van der Waals surface area (Å²) >= 11 is 0. The van der Waals surface area contributed by atoms with Gasteiger partial charge in [-0.15, -0.1) is 0 Å². The number of hydrogen-bond acceptors (Lipinski definition) is 3.